The number of ether oxygens (including phenoxy) is 1. The van der Waals surface area contributed by atoms with Crippen molar-refractivity contribution in [2.24, 2.45) is 0 Å². The summed E-state index contributed by atoms with van der Waals surface area (Å²) in [5.74, 6) is 0. The summed E-state index contributed by atoms with van der Waals surface area (Å²) in [7, 11) is 0. The van der Waals surface area contributed by atoms with Gasteiger partial charge in [0.2, 0.25) is 0 Å². The third kappa shape index (κ3) is 3.85. The largest absolute Gasteiger partial charge is 0.377 e. The number of fused-ring (bicyclic) bond motifs is 1. The van der Waals surface area contributed by atoms with Crippen molar-refractivity contribution in [1.29, 1.82) is 0 Å². The summed E-state index contributed by atoms with van der Waals surface area (Å²) in [6, 6.07) is 15.3. The average molecular weight is 348 g/mol. The molecule has 0 aliphatic carbocycles. The molecule has 2 aromatic carbocycles. The van der Waals surface area contributed by atoms with Crippen LogP contribution in [-0.2, 0) is 11.3 Å². The first-order valence-electron chi connectivity index (χ1n) is 7.73. The molecule has 0 amide bonds. The number of benzene rings is 2. The molecule has 0 saturated carbocycles. The highest BCUT2D eigenvalue weighted by molar-refractivity contribution is 9.09. The van der Waals surface area contributed by atoms with E-state index in [1.54, 1.807) is 0 Å². The van der Waals surface area contributed by atoms with Crippen LogP contribution in [0.15, 0.2) is 42.5 Å². The fourth-order valence-corrected chi connectivity index (χ4v) is 3.30. The molecule has 1 heterocycles. The second kappa shape index (κ2) is 7.39. The topological polar surface area (TPSA) is 12.5 Å². The highest BCUT2D eigenvalue weighted by atomic mass is 79.9. The number of hydrogen-bond acceptors (Lipinski definition) is 2. The number of piperidine rings is 1. The quantitative estimate of drug-likeness (QED) is 0.751. The van der Waals surface area contributed by atoms with Crippen LogP contribution in [0.1, 0.15) is 18.4 Å². The van der Waals surface area contributed by atoms with Gasteiger partial charge in [-0.15, -0.1) is 0 Å². The summed E-state index contributed by atoms with van der Waals surface area (Å²) in [4.78, 5) is 2.55. The summed E-state index contributed by atoms with van der Waals surface area (Å²) in [6.45, 7) is 4.15. The fourth-order valence-electron chi connectivity index (χ4n) is 3.12. The van der Waals surface area contributed by atoms with E-state index >= 15 is 0 Å². The summed E-state index contributed by atoms with van der Waals surface area (Å²) >= 11 is 3.42. The van der Waals surface area contributed by atoms with Gasteiger partial charge in [-0.3, -0.25) is 4.90 Å². The molecule has 1 fully saturated rings. The normalized spacial score (nSPS) is 17.4. The standard InChI is InChI=1S/C18H22BrNO/c19-10-13-21-17-8-11-20(12-9-17)14-16-6-3-5-15-4-1-2-7-18(15)16/h1-7,17H,8-14H2. The molecule has 1 saturated heterocycles. The van der Waals surface area contributed by atoms with Crippen molar-refractivity contribution >= 4 is 26.7 Å². The predicted molar refractivity (Wildman–Crippen MR) is 92.0 cm³/mol. The van der Waals surface area contributed by atoms with Crippen molar-refractivity contribution in [2.45, 2.75) is 25.5 Å². The molecule has 1 aliphatic heterocycles. The van der Waals surface area contributed by atoms with E-state index in [-0.39, 0.29) is 0 Å². The zero-order valence-corrected chi connectivity index (χ0v) is 13.9. The fraction of sp³-hybridized carbons (Fsp3) is 0.444. The van der Waals surface area contributed by atoms with Gasteiger partial charge < -0.3 is 4.74 Å². The molecule has 2 aromatic rings. The maximum atomic E-state index is 5.83. The second-order valence-corrected chi connectivity index (χ2v) is 6.47. The smallest absolute Gasteiger partial charge is 0.0599 e. The third-order valence-electron chi connectivity index (χ3n) is 4.24. The molecule has 3 heteroatoms. The van der Waals surface area contributed by atoms with Gasteiger partial charge in [-0.05, 0) is 29.2 Å². The van der Waals surface area contributed by atoms with Crippen LogP contribution in [0.2, 0.25) is 0 Å². The Kier molecular flexibility index (Phi) is 5.28. The van der Waals surface area contributed by atoms with Gasteiger partial charge in [-0.1, -0.05) is 58.4 Å². The van der Waals surface area contributed by atoms with Gasteiger partial charge in [-0.2, -0.15) is 0 Å². The summed E-state index contributed by atoms with van der Waals surface area (Å²) < 4.78 is 5.83. The van der Waals surface area contributed by atoms with E-state index in [1.165, 1.54) is 16.3 Å². The summed E-state index contributed by atoms with van der Waals surface area (Å²) in [5, 5.41) is 3.66. The lowest BCUT2D eigenvalue weighted by atomic mass is 10.0. The van der Waals surface area contributed by atoms with Gasteiger partial charge in [0.05, 0.1) is 12.7 Å². The highest BCUT2D eigenvalue weighted by Gasteiger charge is 2.19. The van der Waals surface area contributed by atoms with Crippen LogP contribution in [-0.4, -0.2) is 36.0 Å². The van der Waals surface area contributed by atoms with Crippen LogP contribution < -0.4 is 0 Å². The Bertz CT molecular complexity index is 573. The number of likely N-dealkylation sites (tertiary alicyclic amines) is 1. The molecular formula is C18H22BrNO. The Morgan fingerprint density at radius 3 is 2.62 bits per heavy atom. The van der Waals surface area contributed by atoms with Crippen LogP contribution in [0.5, 0.6) is 0 Å². The van der Waals surface area contributed by atoms with Gasteiger partial charge in [0.15, 0.2) is 0 Å². The molecule has 0 spiro atoms. The molecule has 0 N–H and O–H groups in total. The Morgan fingerprint density at radius 1 is 1.05 bits per heavy atom. The Labute approximate surface area is 135 Å². The van der Waals surface area contributed by atoms with Crippen molar-refractivity contribution < 1.29 is 4.74 Å². The predicted octanol–water partition coefficient (Wildman–Crippen LogP) is 4.22. The minimum Gasteiger partial charge on any atom is -0.377 e. The van der Waals surface area contributed by atoms with Gasteiger partial charge in [0.25, 0.3) is 0 Å². The number of rotatable bonds is 5. The Balaban J connectivity index is 1.62. The molecule has 3 rings (SSSR count). The molecule has 0 bridgehead atoms. The van der Waals surface area contributed by atoms with E-state index in [0.717, 1.165) is 44.4 Å². The molecule has 0 aromatic heterocycles. The third-order valence-corrected chi connectivity index (χ3v) is 4.56. The Morgan fingerprint density at radius 2 is 1.81 bits per heavy atom. The summed E-state index contributed by atoms with van der Waals surface area (Å²) in [6.07, 6.45) is 2.75. The van der Waals surface area contributed by atoms with Crippen molar-refractivity contribution in [1.82, 2.24) is 4.90 Å². The lowest BCUT2D eigenvalue weighted by Gasteiger charge is -2.32. The van der Waals surface area contributed by atoms with Gasteiger partial charge in [0.1, 0.15) is 0 Å². The summed E-state index contributed by atoms with van der Waals surface area (Å²) in [5.41, 5.74) is 1.44. The van der Waals surface area contributed by atoms with E-state index < -0.39 is 0 Å². The van der Waals surface area contributed by atoms with E-state index in [0.29, 0.717) is 6.10 Å². The number of nitrogens with zero attached hydrogens (tertiary/aromatic N) is 1. The second-order valence-electron chi connectivity index (χ2n) is 5.67. The van der Waals surface area contributed by atoms with Crippen LogP contribution in [0.3, 0.4) is 0 Å². The number of alkyl halides is 1. The van der Waals surface area contributed by atoms with Crippen molar-refractivity contribution in [2.75, 3.05) is 25.0 Å². The molecule has 112 valence electrons. The zero-order chi connectivity index (χ0) is 14.5. The minimum absolute atomic E-state index is 0.450. The maximum Gasteiger partial charge on any atom is 0.0599 e. The van der Waals surface area contributed by atoms with Gasteiger partial charge in [-0.25, -0.2) is 0 Å². The molecule has 0 radical (unpaired) electrons. The monoisotopic (exact) mass is 347 g/mol. The first-order chi connectivity index (χ1) is 10.4. The maximum absolute atomic E-state index is 5.83. The van der Waals surface area contributed by atoms with Crippen molar-refractivity contribution in [3.63, 3.8) is 0 Å². The van der Waals surface area contributed by atoms with E-state index in [4.69, 9.17) is 4.74 Å². The molecule has 0 unspecified atom stereocenters. The van der Waals surface area contributed by atoms with Gasteiger partial charge >= 0.3 is 0 Å². The van der Waals surface area contributed by atoms with Crippen LogP contribution >= 0.6 is 15.9 Å². The number of hydrogen-bond donors (Lipinski definition) is 0. The lowest BCUT2D eigenvalue weighted by molar-refractivity contribution is 0.0142. The average Bonchev–Trinajstić information content (AvgIpc) is 2.55. The Hall–Kier alpha value is -0.900. The molecule has 0 atom stereocenters. The van der Waals surface area contributed by atoms with Crippen molar-refractivity contribution in [3.8, 4) is 0 Å². The van der Waals surface area contributed by atoms with E-state index in [1.807, 2.05) is 0 Å². The van der Waals surface area contributed by atoms with E-state index in [9.17, 15) is 0 Å². The first-order valence-corrected chi connectivity index (χ1v) is 8.85. The van der Waals surface area contributed by atoms with E-state index in [2.05, 4.69) is 63.3 Å². The minimum atomic E-state index is 0.450. The lowest BCUT2D eigenvalue weighted by Crippen LogP contribution is -2.36. The van der Waals surface area contributed by atoms with Crippen LogP contribution in [0.4, 0.5) is 0 Å². The van der Waals surface area contributed by atoms with Gasteiger partial charge in [0, 0.05) is 25.0 Å². The van der Waals surface area contributed by atoms with Crippen molar-refractivity contribution in [3.05, 3.63) is 48.0 Å². The molecule has 1 aliphatic rings. The molecular weight excluding hydrogens is 326 g/mol. The SMILES string of the molecule is BrCCOC1CCN(Cc2cccc3ccccc23)CC1. The number of halogens is 1. The first kappa shape index (κ1) is 15.0. The van der Waals surface area contributed by atoms with Crippen LogP contribution in [0.25, 0.3) is 10.8 Å². The van der Waals surface area contributed by atoms with Crippen LogP contribution in [0, 0.1) is 0 Å². The molecule has 2 nitrogen and oxygen atoms in total. The molecule has 21 heavy (non-hydrogen) atoms. The highest BCUT2D eigenvalue weighted by Crippen LogP contribution is 2.22. The zero-order valence-electron chi connectivity index (χ0n) is 12.3.